The van der Waals surface area contributed by atoms with Gasteiger partial charge in [-0.25, -0.2) is 0 Å². The van der Waals surface area contributed by atoms with Gasteiger partial charge in [-0.3, -0.25) is 14.5 Å². The van der Waals surface area contributed by atoms with E-state index in [1.54, 1.807) is 11.8 Å². The molecule has 142 valence electrons. The summed E-state index contributed by atoms with van der Waals surface area (Å²) >= 11 is 0. The smallest absolute Gasteiger partial charge is 0.251 e. The summed E-state index contributed by atoms with van der Waals surface area (Å²) in [6.45, 7) is 7.53. The van der Waals surface area contributed by atoms with Gasteiger partial charge in [0.2, 0.25) is 5.91 Å². The Morgan fingerprint density at radius 1 is 1.23 bits per heavy atom. The van der Waals surface area contributed by atoms with Crippen LogP contribution in [0.5, 0.6) is 0 Å². The van der Waals surface area contributed by atoms with Gasteiger partial charge in [0.05, 0.1) is 0 Å². The molecule has 0 spiro atoms. The lowest BCUT2D eigenvalue weighted by atomic mass is 10.0. The quantitative estimate of drug-likeness (QED) is 0.851. The van der Waals surface area contributed by atoms with Crippen molar-refractivity contribution in [1.29, 1.82) is 0 Å². The van der Waals surface area contributed by atoms with Crippen molar-refractivity contribution in [3.8, 4) is 0 Å². The first kappa shape index (κ1) is 18.9. The monoisotopic (exact) mass is 357 g/mol. The molecule has 1 aromatic carbocycles. The first-order valence-corrected chi connectivity index (χ1v) is 10.0. The summed E-state index contributed by atoms with van der Waals surface area (Å²) in [5.74, 6) is 0.0560. The first-order valence-electron chi connectivity index (χ1n) is 10.0. The van der Waals surface area contributed by atoms with Crippen LogP contribution >= 0.6 is 0 Å². The van der Waals surface area contributed by atoms with Crippen molar-refractivity contribution < 1.29 is 9.59 Å². The Labute approximate surface area is 156 Å². The number of hydrogen-bond acceptors (Lipinski definition) is 3. The molecule has 26 heavy (non-hydrogen) atoms. The zero-order chi connectivity index (χ0) is 18.5. The minimum Gasteiger partial charge on any atom is -0.350 e. The van der Waals surface area contributed by atoms with Gasteiger partial charge in [-0.1, -0.05) is 19.8 Å². The van der Waals surface area contributed by atoms with Gasteiger partial charge in [-0.15, -0.1) is 0 Å². The minimum absolute atomic E-state index is 0.00455. The molecule has 1 unspecified atom stereocenters. The standard InChI is InChI=1S/C21H31N3O2/c1-3-4-11-23-12-6-5-7-19(23)15-22-21(26)18-8-9-20-17(14-18)10-13-24(20)16(2)25/h8-9,14,19H,3-7,10-13,15H2,1-2H3,(H,22,26). The molecule has 5 heteroatoms. The van der Waals surface area contributed by atoms with Crippen LogP contribution in [0.15, 0.2) is 18.2 Å². The molecule has 2 heterocycles. The molecule has 2 amide bonds. The van der Waals surface area contributed by atoms with Crippen molar-refractivity contribution in [3.05, 3.63) is 29.3 Å². The molecule has 0 radical (unpaired) electrons. The Kier molecular flexibility index (Phi) is 6.30. The number of piperidine rings is 1. The average Bonchev–Trinajstić information content (AvgIpc) is 3.08. The predicted octanol–water partition coefficient (Wildman–Crippen LogP) is 2.98. The summed E-state index contributed by atoms with van der Waals surface area (Å²) in [6, 6.07) is 6.16. The number of carbonyl (C=O) groups excluding carboxylic acids is 2. The summed E-state index contributed by atoms with van der Waals surface area (Å²) in [5.41, 5.74) is 2.74. The van der Waals surface area contributed by atoms with Crippen molar-refractivity contribution in [2.45, 2.75) is 58.4 Å². The first-order chi connectivity index (χ1) is 12.6. The van der Waals surface area contributed by atoms with E-state index in [1.807, 2.05) is 18.2 Å². The fraction of sp³-hybridized carbons (Fsp3) is 0.619. The molecule has 1 aromatic rings. The molecule has 1 fully saturated rings. The molecule has 1 N–H and O–H groups in total. The number of fused-ring (bicyclic) bond motifs is 1. The fourth-order valence-corrected chi connectivity index (χ4v) is 4.13. The van der Waals surface area contributed by atoms with E-state index in [2.05, 4.69) is 17.1 Å². The van der Waals surface area contributed by atoms with Gasteiger partial charge in [-0.05, 0) is 62.5 Å². The number of rotatable bonds is 6. The SMILES string of the molecule is CCCCN1CCCCC1CNC(=O)c1ccc2c(c1)CCN2C(C)=O. The van der Waals surface area contributed by atoms with E-state index in [9.17, 15) is 9.59 Å². The second-order valence-electron chi connectivity index (χ2n) is 7.51. The summed E-state index contributed by atoms with van der Waals surface area (Å²) in [4.78, 5) is 28.6. The zero-order valence-corrected chi connectivity index (χ0v) is 16.1. The maximum Gasteiger partial charge on any atom is 0.251 e. The number of anilines is 1. The van der Waals surface area contributed by atoms with E-state index < -0.39 is 0 Å². The number of hydrogen-bond donors (Lipinski definition) is 1. The highest BCUT2D eigenvalue weighted by Crippen LogP contribution is 2.29. The summed E-state index contributed by atoms with van der Waals surface area (Å²) in [6.07, 6.45) is 6.95. The molecule has 2 aliphatic heterocycles. The molecule has 0 bridgehead atoms. The van der Waals surface area contributed by atoms with Crippen molar-refractivity contribution >= 4 is 17.5 Å². The van der Waals surface area contributed by atoms with Crippen molar-refractivity contribution in [2.24, 2.45) is 0 Å². The largest absolute Gasteiger partial charge is 0.350 e. The Morgan fingerprint density at radius 3 is 2.85 bits per heavy atom. The van der Waals surface area contributed by atoms with E-state index in [0.29, 0.717) is 18.2 Å². The molecular weight excluding hydrogens is 326 g/mol. The maximum atomic E-state index is 12.6. The highest BCUT2D eigenvalue weighted by molar-refractivity contribution is 5.97. The van der Waals surface area contributed by atoms with Crippen LogP contribution in [0.3, 0.4) is 0 Å². The summed E-state index contributed by atoms with van der Waals surface area (Å²) < 4.78 is 0. The van der Waals surface area contributed by atoms with Crippen molar-refractivity contribution in [2.75, 3.05) is 31.1 Å². The minimum atomic E-state index is -0.00455. The van der Waals surface area contributed by atoms with Gasteiger partial charge in [0.1, 0.15) is 0 Å². The summed E-state index contributed by atoms with van der Waals surface area (Å²) in [7, 11) is 0. The lowest BCUT2D eigenvalue weighted by Crippen LogP contribution is -2.47. The number of nitrogens with one attached hydrogen (secondary N) is 1. The number of unbranched alkanes of at least 4 members (excludes halogenated alkanes) is 1. The van der Waals surface area contributed by atoms with Crippen molar-refractivity contribution in [1.82, 2.24) is 10.2 Å². The van der Waals surface area contributed by atoms with Gasteiger partial charge in [0.25, 0.3) is 5.91 Å². The molecule has 2 aliphatic rings. The Bertz CT molecular complexity index is 659. The zero-order valence-electron chi connectivity index (χ0n) is 16.1. The number of carbonyl (C=O) groups is 2. The van der Waals surface area contributed by atoms with Crippen LogP contribution in [0.25, 0.3) is 0 Å². The van der Waals surface area contributed by atoms with Gasteiger partial charge in [-0.2, -0.15) is 0 Å². The lowest BCUT2D eigenvalue weighted by Gasteiger charge is -2.35. The predicted molar refractivity (Wildman–Crippen MR) is 105 cm³/mol. The Hall–Kier alpha value is -1.88. The number of nitrogens with zero attached hydrogens (tertiary/aromatic N) is 2. The molecular formula is C21H31N3O2. The molecule has 0 saturated carbocycles. The second-order valence-corrected chi connectivity index (χ2v) is 7.51. The van der Waals surface area contributed by atoms with Gasteiger partial charge in [0, 0.05) is 37.3 Å². The van der Waals surface area contributed by atoms with Crippen LogP contribution in [0.1, 0.15) is 61.9 Å². The van der Waals surface area contributed by atoms with Gasteiger partial charge >= 0.3 is 0 Å². The summed E-state index contributed by atoms with van der Waals surface area (Å²) in [5, 5.41) is 3.14. The van der Waals surface area contributed by atoms with E-state index in [-0.39, 0.29) is 11.8 Å². The number of benzene rings is 1. The molecule has 3 rings (SSSR count). The topological polar surface area (TPSA) is 52.7 Å². The lowest BCUT2D eigenvalue weighted by molar-refractivity contribution is -0.116. The van der Waals surface area contributed by atoms with E-state index in [4.69, 9.17) is 0 Å². The van der Waals surface area contributed by atoms with Crippen LogP contribution in [-0.4, -0.2) is 48.9 Å². The van der Waals surface area contributed by atoms with E-state index in [1.165, 1.54) is 32.1 Å². The van der Waals surface area contributed by atoms with E-state index in [0.717, 1.165) is 37.3 Å². The Balaban J connectivity index is 1.59. The highest BCUT2D eigenvalue weighted by atomic mass is 16.2. The third kappa shape index (κ3) is 4.26. The molecule has 1 saturated heterocycles. The fourth-order valence-electron chi connectivity index (χ4n) is 4.13. The van der Waals surface area contributed by atoms with Gasteiger partial charge < -0.3 is 10.2 Å². The number of amides is 2. The van der Waals surface area contributed by atoms with E-state index >= 15 is 0 Å². The van der Waals surface area contributed by atoms with Crippen LogP contribution in [0.2, 0.25) is 0 Å². The van der Waals surface area contributed by atoms with Crippen LogP contribution in [0.4, 0.5) is 5.69 Å². The second kappa shape index (κ2) is 8.67. The van der Waals surface area contributed by atoms with Crippen molar-refractivity contribution in [3.63, 3.8) is 0 Å². The van der Waals surface area contributed by atoms with Crippen LogP contribution in [0, 0.1) is 0 Å². The molecule has 1 atom stereocenters. The molecule has 5 nitrogen and oxygen atoms in total. The van der Waals surface area contributed by atoms with Crippen LogP contribution in [-0.2, 0) is 11.2 Å². The van der Waals surface area contributed by atoms with Gasteiger partial charge in [0.15, 0.2) is 0 Å². The highest BCUT2D eigenvalue weighted by Gasteiger charge is 2.25. The third-order valence-corrected chi connectivity index (χ3v) is 5.66. The Morgan fingerprint density at radius 2 is 2.08 bits per heavy atom. The third-order valence-electron chi connectivity index (χ3n) is 5.66. The van der Waals surface area contributed by atoms with Crippen LogP contribution < -0.4 is 10.2 Å². The number of likely N-dealkylation sites (tertiary alicyclic amines) is 1. The molecule has 0 aliphatic carbocycles. The maximum absolute atomic E-state index is 12.6. The molecule has 0 aromatic heterocycles. The normalized spacial score (nSPS) is 20.1. The average molecular weight is 357 g/mol.